The Morgan fingerprint density at radius 2 is 1.55 bits per heavy atom. The quantitative estimate of drug-likeness (QED) is 0.762. The molecule has 1 aliphatic rings. The molecule has 0 atom stereocenters. The molecule has 0 fully saturated rings. The molecular weight excluding hydrogens is 253 g/mol. The lowest BCUT2D eigenvalue weighted by Crippen LogP contribution is -2.25. The predicted molar refractivity (Wildman–Crippen MR) is 83.5 cm³/mol. The molecule has 0 unspecified atom stereocenters. The summed E-state index contributed by atoms with van der Waals surface area (Å²) in [5.74, 6) is 0.456. The fraction of sp³-hybridized carbons (Fsp3) is 0.500. The van der Waals surface area contributed by atoms with Crippen LogP contribution in [0.5, 0.6) is 0 Å². The monoisotopic (exact) mass is 275 g/mol. The van der Waals surface area contributed by atoms with Crippen LogP contribution in [0.4, 0.5) is 10.1 Å². The van der Waals surface area contributed by atoms with Gasteiger partial charge in [-0.2, -0.15) is 0 Å². The zero-order valence-corrected chi connectivity index (χ0v) is 13.0. The van der Waals surface area contributed by atoms with Gasteiger partial charge in [0.15, 0.2) is 5.84 Å². The Kier molecular flexibility index (Phi) is 3.44. The molecule has 0 amide bonds. The lowest BCUT2D eigenvalue weighted by molar-refractivity contribution is 0.579. The van der Waals surface area contributed by atoms with Gasteiger partial charge in [0.05, 0.1) is 11.1 Å². The molecule has 0 aromatic heterocycles. The van der Waals surface area contributed by atoms with Gasteiger partial charge in [-0.15, -0.1) is 0 Å². The number of anilines is 1. The van der Waals surface area contributed by atoms with E-state index in [0.29, 0.717) is 5.84 Å². The van der Waals surface area contributed by atoms with Gasteiger partial charge in [0.1, 0.15) is 11.5 Å². The van der Waals surface area contributed by atoms with E-state index >= 15 is 0 Å². The van der Waals surface area contributed by atoms with Crippen LogP contribution >= 0.6 is 0 Å². The molecule has 20 heavy (non-hydrogen) atoms. The van der Waals surface area contributed by atoms with E-state index in [2.05, 4.69) is 10.3 Å². The number of rotatable bonds is 0. The zero-order chi connectivity index (χ0) is 15.1. The van der Waals surface area contributed by atoms with Crippen molar-refractivity contribution in [2.45, 2.75) is 52.6 Å². The number of hydrogen-bond acceptors (Lipinski definition) is 2. The van der Waals surface area contributed by atoms with Crippen molar-refractivity contribution < 1.29 is 4.39 Å². The van der Waals surface area contributed by atoms with E-state index in [9.17, 15) is 4.39 Å². The lowest BCUT2D eigenvalue weighted by atomic mass is 10.1. The maximum atomic E-state index is 13.5. The first kappa shape index (κ1) is 14.7. The molecule has 1 heterocycles. The number of amidine groups is 1. The summed E-state index contributed by atoms with van der Waals surface area (Å²) in [6, 6.07) is 4.69. The van der Waals surface area contributed by atoms with Crippen LogP contribution in [0.3, 0.4) is 0 Å². The Labute approximate surface area is 120 Å². The summed E-state index contributed by atoms with van der Waals surface area (Å²) in [6.45, 7) is 12.1. The summed E-state index contributed by atoms with van der Waals surface area (Å²) >= 11 is 0. The summed E-state index contributed by atoms with van der Waals surface area (Å²) in [4.78, 5) is 9.38. The van der Waals surface area contributed by atoms with E-state index in [4.69, 9.17) is 4.99 Å². The van der Waals surface area contributed by atoms with E-state index in [1.807, 2.05) is 41.5 Å². The van der Waals surface area contributed by atoms with Gasteiger partial charge < -0.3 is 5.32 Å². The van der Waals surface area contributed by atoms with Crippen molar-refractivity contribution in [3.05, 3.63) is 29.6 Å². The number of aliphatic imine (C=N–C) groups is 2. The van der Waals surface area contributed by atoms with Crippen molar-refractivity contribution in [3.8, 4) is 0 Å². The first-order valence-electron chi connectivity index (χ1n) is 6.82. The Balaban J connectivity index is 2.59. The van der Waals surface area contributed by atoms with Gasteiger partial charge in [0.2, 0.25) is 0 Å². The Bertz CT molecular complexity index is 587. The second kappa shape index (κ2) is 4.69. The zero-order valence-electron chi connectivity index (χ0n) is 13.0. The second-order valence-electron chi connectivity index (χ2n) is 7.08. The number of halogens is 1. The highest BCUT2D eigenvalue weighted by Crippen LogP contribution is 2.27. The highest BCUT2D eigenvalue weighted by Gasteiger charge is 2.28. The minimum atomic E-state index is -0.260. The van der Waals surface area contributed by atoms with Gasteiger partial charge in [-0.3, -0.25) is 9.98 Å². The molecule has 0 saturated carbocycles. The average Bonchev–Trinajstić information content (AvgIpc) is 2.52. The van der Waals surface area contributed by atoms with Crippen LogP contribution in [0, 0.1) is 5.82 Å². The molecule has 1 aromatic rings. The van der Waals surface area contributed by atoms with Gasteiger partial charge >= 0.3 is 0 Å². The molecule has 0 bridgehead atoms. The van der Waals surface area contributed by atoms with Gasteiger partial charge in [0.25, 0.3) is 0 Å². The van der Waals surface area contributed by atoms with Crippen molar-refractivity contribution in [2.75, 3.05) is 5.32 Å². The predicted octanol–water partition coefficient (Wildman–Crippen LogP) is 4.04. The van der Waals surface area contributed by atoms with E-state index in [0.717, 1.165) is 17.0 Å². The minimum Gasteiger partial charge on any atom is -0.338 e. The fourth-order valence-electron chi connectivity index (χ4n) is 2.00. The molecule has 4 heteroatoms. The average molecular weight is 275 g/mol. The topological polar surface area (TPSA) is 36.8 Å². The Morgan fingerprint density at radius 1 is 0.950 bits per heavy atom. The molecule has 0 saturated heterocycles. The van der Waals surface area contributed by atoms with Crippen molar-refractivity contribution in [1.29, 1.82) is 0 Å². The third-order valence-corrected chi connectivity index (χ3v) is 2.61. The van der Waals surface area contributed by atoms with E-state index in [-0.39, 0.29) is 16.9 Å². The Hall–Kier alpha value is -1.71. The number of benzene rings is 1. The van der Waals surface area contributed by atoms with E-state index in [1.54, 1.807) is 6.07 Å². The normalized spacial score (nSPS) is 19.4. The molecule has 1 aliphatic heterocycles. The molecule has 0 spiro atoms. The summed E-state index contributed by atoms with van der Waals surface area (Å²) in [6.07, 6.45) is 0. The van der Waals surface area contributed by atoms with Crippen LogP contribution in [-0.2, 0) is 0 Å². The van der Waals surface area contributed by atoms with Crippen molar-refractivity contribution >= 4 is 17.2 Å². The SMILES string of the molecule is CC(C)(C)N=C1Nc2ccc(F)cc2C1=NC(C)(C)C. The Morgan fingerprint density at radius 3 is 2.10 bits per heavy atom. The number of nitrogens with one attached hydrogen (secondary N) is 1. The first-order chi connectivity index (χ1) is 9.05. The van der Waals surface area contributed by atoms with E-state index in [1.165, 1.54) is 12.1 Å². The first-order valence-corrected chi connectivity index (χ1v) is 6.82. The molecule has 3 nitrogen and oxygen atoms in total. The molecular formula is C16H22FN3. The summed E-state index contributed by atoms with van der Waals surface area (Å²) in [5, 5.41) is 3.24. The minimum absolute atomic E-state index is 0.221. The van der Waals surface area contributed by atoms with Crippen molar-refractivity contribution in [2.24, 2.45) is 9.98 Å². The largest absolute Gasteiger partial charge is 0.338 e. The van der Waals surface area contributed by atoms with Crippen LogP contribution in [0.1, 0.15) is 47.1 Å². The molecule has 108 valence electrons. The highest BCUT2D eigenvalue weighted by atomic mass is 19.1. The smallest absolute Gasteiger partial charge is 0.152 e. The molecule has 0 aliphatic carbocycles. The van der Waals surface area contributed by atoms with Crippen LogP contribution < -0.4 is 5.32 Å². The third-order valence-electron chi connectivity index (χ3n) is 2.61. The lowest BCUT2D eigenvalue weighted by Gasteiger charge is -2.17. The second-order valence-corrected chi connectivity index (χ2v) is 7.08. The van der Waals surface area contributed by atoms with Gasteiger partial charge in [0, 0.05) is 11.3 Å². The van der Waals surface area contributed by atoms with Crippen LogP contribution in [-0.4, -0.2) is 22.6 Å². The van der Waals surface area contributed by atoms with Gasteiger partial charge in [-0.25, -0.2) is 4.39 Å². The highest BCUT2D eigenvalue weighted by molar-refractivity contribution is 6.56. The van der Waals surface area contributed by atoms with Gasteiger partial charge in [-0.05, 0) is 59.7 Å². The van der Waals surface area contributed by atoms with Crippen LogP contribution in [0.2, 0.25) is 0 Å². The summed E-state index contributed by atoms with van der Waals surface area (Å²) < 4.78 is 13.5. The number of fused-ring (bicyclic) bond motifs is 1. The maximum Gasteiger partial charge on any atom is 0.152 e. The van der Waals surface area contributed by atoms with E-state index < -0.39 is 0 Å². The summed E-state index contributed by atoms with van der Waals surface area (Å²) in [5.41, 5.74) is 1.91. The van der Waals surface area contributed by atoms with Gasteiger partial charge in [-0.1, -0.05) is 0 Å². The summed E-state index contributed by atoms with van der Waals surface area (Å²) in [7, 11) is 0. The number of nitrogens with zero attached hydrogens (tertiary/aromatic N) is 2. The van der Waals surface area contributed by atoms with Crippen molar-refractivity contribution in [1.82, 2.24) is 0 Å². The molecule has 1 N–H and O–H groups in total. The number of hydrogen-bond donors (Lipinski definition) is 1. The van der Waals surface area contributed by atoms with Crippen LogP contribution in [0.15, 0.2) is 28.2 Å². The third kappa shape index (κ3) is 3.44. The molecule has 2 rings (SSSR count). The maximum absolute atomic E-state index is 13.5. The standard InChI is InChI=1S/C16H22FN3/c1-15(2,3)19-13-11-9-10(17)7-8-12(11)18-14(13)20-16(4,5)6/h7-9H,1-6H3,(H,18,19,20). The molecule has 1 aromatic carbocycles. The molecule has 0 radical (unpaired) electrons. The fourth-order valence-corrected chi connectivity index (χ4v) is 2.00. The van der Waals surface area contributed by atoms with Crippen LogP contribution in [0.25, 0.3) is 0 Å². The van der Waals surface area contributed by atoms with Crippen molar-refractivity contribution in [3.63, 3.8) is 0 Å².